The number of nitrogens with zero attached hydrogens (tertiary/aromatic N) is 7. The van der Waals surface area contributed by atoms with Gasteiger partial charge in [-0.2, -0.15) is 0 Å². The topological polar surface area (TPSA) is 107 Å². The number of rotatable bonds is 5. The van der Waals surface area contributed by atoms with Crippen LogP contribution in [0.25, 0.3) is 16.9 Å². The van der Waals surface area contributed by atoms with Crippen molar-refractivity contribution in [3.05, 3.63) is 59.8 Å². The molecule has 0 unspecified atom stereocenters. The van der Waals surface area contributed by atoms with Crippen molar-refractivity contribution in [2.75, 3.05) is 50.6 Å². The second kappa shape index (κ2) is 9.12. The second-order valence-electron chi connectivity index (χ2n) is 8.89. The van der Waals surface area contributed by atoms with E-state index in [1.807, 2.05) is 12.1 Å². The number of hydrogen-bond donors (Lipinski definition) is 1. The summed E-state index contributed by atoms with van der Waals surface area (Å²) in [4.78, 5) is 23.1. The summed E-state index contributed by atoms with van der Waals surface area (Å²) in [6.07, 6.45) is 6.41. The van der Waals surface area contributed by atoms with Gasteiger partial charge in [-0.1, -0.05) is 12.1 Å². The number of fused-ring (bicyclic) bond motifs is 3. The van der Waals surface area contributed by atoms with Crippen molar-refractivity contribution >= 4 is 17.4 Å². The molecule has 1 saturated heterocycles. The molecule has 0 spiro atoms. The minimum absolute atomic E-state index is 0.250. The van der Waals surface area contributed by atoms with E-state index in [1.165, 1.54) is 11.3 Å². The smallest absolute Gasteiger partial charge is 0.219 e. The second-order valence-corrected chi connectivity index (χ2v) is 8.89. The average Bonchev–Trinajstić information content (AvgIpc) is 3.27. The molecular formula is C25H28N8O2. The highest BCUT2D eigenvalue weighted by atomic mass is 16.5. The van der Waals surface area contributed by atoms with E-state index in [0.29, 0.717) is 13.2 Å². The van der Waals surface area contributed by atoms with Crippen LogP contribution in [0.5, 0.6) is 5.75 Å². The van der Waals surface area contributed by atoms with Gasteiger partial charge in [0, 0.05) is 69.0 Å². The minimum Gasteiger partial charge on any atom is -0.497 e. The van der Waals surface area contributed by atoms with Crippen LogP contribution >= 0.6 is 0 Å². The fraction of sp³-hybridized carbons (Fsp3) is 0.360. The normalized spacial score (nSPS) is 16.4. The van der Waals surface area contributed by atoms with Gasteiger partial charge in [0.1, 0.15) is 5.75 Å². The lowest BCUT2D eigenvalue weighted by molar-refractivity contribution is 0.122. The predicted molar refractivity (Wildman–Crippen MR) is 132 cm³/mol. The Morgan fingerprint density at radius 1 is 1.03 bits per heavy atom. The standard InChI is InChI=1S/C25H28N8O2/c1-34-19-4-2-17(3-5-19)14-31-7-6-22-21(15-31)30-24-23(32-8-10-35-11-9-32)29-20(16-33(22)24)18-12-27-25(26)28-13-18/h2-5,12-13,16H,6-11,14-15H2,1H3,(H2,26,27,28). The summed E-state index contributed by atoms with van der Waals surface area (Å²) in [6, 6.07) is 8.27. The van der Waals surface area contributed by atoms with E-state index in [0.717, 1.165) is 73.3 Å². The molecule has 0 radical (unpaired) electrons. The Kier molecular flexibility index (Phi) is 5.67. The number of benzene rings is 1. The third-order valence-electron chi connectivity index (χ3n) is 6.65. The van der Waals surface area contributed by atoms with Crippen LogP contribution in [0.1, 0.15) is 17.0 Å². The number of morpholine rings is 1. The summed E-state index contributed by atoms with van der Waals surface area (Å²) in [6.45, 7) is 5.56. The maximum atomic E-state index is 5.71. The molecule has 6 rings (SSSR count). The van der Waals surface area contributed by atoms with Crippen molar-refractivity contribution in [3.63, 3.8) is 0 Å². The molecule has 180 valence electrons. The largest absolute Gasteiger partial charge is 0.497 e. The predicted octanol–water partition coefficient (Wildman–Crippen LogP) is 2.17. The zero-order valence-electron chi connectivity index (χ0n) is 19.7. The number of hydrogen-bond acceptors (Lipinski definition) is 9. The molecular weight excluding hydrogens is 444 g/mol. The maximum absolute atomic E-state index is 5.71. The maximum Gasteiger partial charge on any atom is 0.219 e. The molecule has 0 bridgehead atoms. The highest BCUT2D eigenvalue weighted by molar-refractivity contribution is 5.71. The van der Waals surface area contributed by atoms with E-state index < -0.39 is 0 Å². The van der Waals surface area contributed by atoms with Crippen molar-refractivity contribution in [2.45, 2.75) is 19.5 Å². The van der Waals surface area contributed by atoms with Crippen molar-refractivity contribution < 1.29 is 9.47 Å². The molecule has 0 amide bonds. The summed E-state index contributed by atoms with van der Waals surface area (Å²) in [5, 5.41) is 0. The summed E-state index contributed by atoms with van der Waals surface area (Å²) >= 11 is 0. The first kappa shape index (κ1) is 21.8. The Hall–Kier alpha value is -3.76. The lowest BCUT2D eigenvalue weighted by atomic mass is 10.1. The summed E-state index contributed by atoms with van der Waals surface area (Å²) in [5.41, 5.74) is 11.8. The van der Waals surface area contributed by atoms with Gasteiger partial charge in [-0.15, -0.1) is 0 Å². The Labute approximate surface area is 203 Å². The molecule has 1 aromatic carbocycles. The zero-order chi connectivity index (χ0) is 23.8. The molecule has 0 saturated carbocycles. The lowest BCUT2D eigenvalue weighted by Gasteiger charge is -2.28. The van der Waals surface area contributed by atoms with E-state index in [-0.39, 0.29) is 5.95 Å². The fourth-order valence-corrected chi connectivity index (χ4v) is 4.79. The molecule has 0 atom stereocenters. The number of nitrogen functional groups attached to an aromatic ring is 1. The van der Waals surface area contributed by atoms with Crippen molar-refractivity contribution in [2.24, 2.45) is 0 Å². The average molecular weight is 473 g/mol. The van der Waals surface area contributed by atoms with Crippen LogP contribution in [0.15, 0.2) is 42.9 Å². The highest BCUT2D eigenvalue weighted by Gasteiger charge is 2.26. The molecule has 0 aliphatic carbocycles. The molecule has 5 heterocycles. The first-order valence-electron chi connectivity index (χ1n) is 11.8. The van der Waals surface area contributed by atoms with Crippen LogP contribution in [0.2, 0.25) is 0 Å². The van der Waals surface area contributed by atoms with E-state index in [2.05, 4.69) is 42.5 Å². The van der Waals surface area contributed by atoms with Gasteiger partial charge in [0.25, 0.3) is 0 Å². The Morgan fingerprint density at radius 3 is 2.54 bits per heavy atom. The van der Waals surface area contributed by atoms with Crippen molar-refractivity contribution in [1.82, 2.24) is 29.2 Å². The van der Waals surface area contributed by atoms with Gasteiger partial charge >= 0.3 is 0 Å². The molecule has 4 aromatic rings. The van der Waals surface area contributed by atoms with E-state index >= 15 is 0 Å². The van der Waals surface area contributed by atoms with Gasteiger partial charge in [-0.25, -0.2) is 19.9 Å². The van der Waals surface area contributed by atoms with E-state index in [4.69, 9.17) is 25.2 Å². The molecule has 3 aromatic heterocycles. The third-order valence-corrected chi connectivity index (χ3v) is 6.65. The third kappa shape index (κ3) is 4.26. The van der Waals surface area contributed by atoms with Crippen LogP contribution in [0.4, 0.5) is 11.8 Å². The van der Waals surface area contributed by atoms with Crippen molar-refractivity contribution in [1.29, 1.82) is 0 Å². The minimum atomic E-state index is 0.250. The number of ether oxygens (including phenoxy) is 2. The first-order valence-corrected chi connectivity index (χ1v) is 11.8. The molecule has 2 aliphatic heterocycles. The van der Waals surface area contributed by atoms with E-state index in [9.17, 15) is 0 Å². The van der Waals surface area contributed by atoms with Crippen LogP contribution in [-0.2, 0) is 24.2 Å². The zero-order valence-corrected chi connectivity index (χ0v) is 19.7. The van der Waals surface area contributed by atoms with Crippen LogP contribution in [0, 0.1) is 0 Å². The molecule has 2 aliphatic rings. The summed E-state index contributed by atoms with van der Waals surface area (Å²) < 4.78 is 13.1. The monoisotopic (exact) mass is 472 g/mol. The molecule has 10 nitrogen and oxygen atoms in total. The quantitative estimate of drug-likeness (QED) is 0.468. The number of nitrogens with two attached hydrogens (primary N) is 1. The van der Waals surface area contributed by atoms with E-state index in [1.54, 1.807) is 19.5 Å². The van der Waals surface area contributed by atoms with Crippen LogP contribution in [-0.4, -0.2) is 69.2 Å². The Bertz CT molecular complexity index is 1330. The SMILES string of the molecule is COc1ccc(CN2CCc3c(nc4c(N5CCOCC5)nc(-c5cnc(N)nc5)cn34)C2)cc1. The van der Waals surface area contributed by atoms with Crippen molar-refractivity contribution in [3.8, 4) is 17.0 Å². The molecule has 2 N–H and O–H groups in total. The molecule has 1 fully saturated rings. The fourth-order valence-electron chi connectivity index (χ4n) is 4.79. The van der Waals surface area contributed by atoms with Crippen LogP contribution < -0.4 is 15.4 Å². The van der Waals surface area contributed by atoms with Gasteiger partial charge in [-0.05, 0) is 17.7 Å². The Balaban J connectivity index is 1.36. The van der Waals surface area contributed by atoms with Gasteiger partial charge < -0.3 is 20.1 Å². The van der Waals surface area contributed by atoms with Gasteiger partial charge in [0.2, 0.25) is 5.95 Å². The number of methoxy groups -OCH3 is 1. The Morgan fingerprint density at radius 2 is 1.80 bits per heavy atom. The molecule has 10 heteroatoms. The van der Waals surface area contributed by atoms with Gasteiger partial charge in [-0.3, -0.25) is 9.30 Å². The summed E-state index contributed by atoms with van der Waals surface area (Å²) in [7, 11) is 1.69. The summed E-state index contributed by atoms with van der Waals surface area (Å²) in [5.74, 6) is 2.00. The number of aromatic nitrogens is 5. The number of imidazole rings is 1. The number of anilines is 2. The highest BCUT2D eigenvalue weighted by Crippen LogP contribution is 2.30. The van der Waals surface area contributed by atoms with Gasteiger partial charge in [0.15, 0.2) is 11.5 Å². The van der Waals surface area contributed by atoms with Gasteiger partial charge in [0.05, 0.1) is 31.7 Å². The molecule has 35 heavy (non-hydrogen) atoms. The first-order chi connectivity index (χ1) is 17.2. The van der Waals surface area contributed by atoms with Crippen LogP contribution in [0.3, 0.4) is 0 Å². The lowest BCUT2D eigenvalue weighted by Crippen LogP contribution is -2.37.